The van der Waals surface area contributed by atoms with E-state index in [1.807, 2.05) is 30.3 Å². The molecule has 3 rings (SSSR count). The van der Waals surface area contributed by atoms with E-state index >= 15 is 0 Å². The maximum atomic E-state index is 12.3. The largest absolute Gasteiger partial charge is 0.445 e. The minimum Gasteiger partial charge on any atom is -0.445 e. The molecule has 1 aromatic rings. The molecule has 0 aliphatic carbocycles. The van der Waals surface area contributed by atoms with Gasteiger partial charge in [0.25, 0.3) is 5.91 Å². The summed E-state index contributed by atoms with van der Waals surface area (Å²) in [5, 5.41) is 0. The number of carbonyl (C=O) groups excluding carboxylic acids is 2. The third-order valence-corrected chi connectivity index (χ3v) is 4.26. The summed E-state index contributed by atoms with van der Waals surface area (Å²) >= 11 is 0. The first-order valence-corrected chi connectivity index (χ1v) is 8.10. The molecule has 124 valence electrons. The molecule has 1 aromatic carbocycles. The quantitative estimate of drug-likeness (QED) is 0.850. The van der Waals surface area contributed by atoms with Gasteiger partial charge in [0.15, 0.2) is 0 Å². The highest BCUT2D eigenvalue weighted by molar-refractivity contribution is 5.81. The monoisotopic (exact) mass is 318 g/mol. The van der Waals surface area contributed by atoms with E-state index < -0.39 is 0 Å². The van der Waals surface area contributed by atoms with Crippen molar-refractivity contribution >= 4 is 12.0 Å². The van der Waals surface area contributed by atoms with Gasteiger partial charge in [-0.3, -0.25) is 4.79 Å². The van der Waals surface area contributed by atoms with Gasteiger partial charge in [-0.25, -0.2) is 4.79 Å². The van der Waals surface area contributed by atoms with Crippen molar-refractivity contribution in [2.45, 2.75) is 25.6 Å². The molecule has 0 saturated carbocycles. The first kappa shape index (κ1) is 15.8. The highest BCUT2D eigenvalue weighted by Crippen LogP contribution is 2.16. The van der Waals surface area contributed by atoms with Crippen molar-refractivity contribution in [1.82, 2.24) is 9.80 Å². The average Bonchev–Trinajstić information content (AvgIpc) is 3.15. The van der Waals surface area contributed by atoms with E-state index in [0.717, 1.165) is 18.4 Å². The van der Waals surface area contributed by atoms with Crippen molar-refractivity contribution in [2.24, 2.45) is 0 Å². The van der Waals surface area contributed by atoms with Crippen molar-refractivity contribution in [2.75, 3.05) is 32.8 Å². The van der Waals surface area contributed by atoms with Crippen LogP contribution in [0.25, 0.3) is 0 Å². The fraction of sp³-hybridized carbons (Fsp3) is 0.529. The highest BCUT2D eigenvalue weighted by Gasteiger charge is 2.31. The number of benzene rings is 1. The lowest BCUT2D eigenvalue weighted by Gasteiger charge is -2.35. The van der Waals surface area contributed by atoms with Crippen LogP contribution in [0.15, 0.2) is 30.3 Å². The molecule has 2 amide bonds. The molecule has 0 N–H and O–H groups in total. The number of amides is 2. The summed E-state index contributed by atoms with van der Waals surface area (Å²) in [6.07, 6.45) is 1.14. The van der Waals surface area contributed by atoms with Crippen molar-refractivity contribution in [3.63, 3.8) is 0 Å². The zero-order valence-electron chi connectivity index (χ0n) is 13.1. The van der Waals surface area contributed by atoms with E-state index in [-0.39, 0.29) is 24.7 Å². The number of rotatable bonds is 3. The summed E-state index contributed by atoms with van der Waals surface area (Å²) in [6.45, 7) is 3.04. The smallest absolute Gasteiger partial charge is 0.410 e. The van der Waals surface area contributed by atoms with Crippen LogP contribution in [0.4, 0.5) is 4.79 Å². The summed E-state index contributed by atoms with van der Waals surface area (Å²) in [5.41, 5.74) is 0.966. The van der Waals surface area contributed by atoms with Crippen LogP contribution in [0.3, 0.4) is 0 Å². The molecule has 2 fully saturated rings. The molecule has 23 heavy (non-hydrogen) atoms. The molecule has 0 aromatic heterocycles. The molecule has 0 radical (unpaired) electrons. The molecule has 2 saturated heterocycles. The molecule has 0 bridgehead atoms. The average molecular weight is 318 g/mol. The molecule has 2 heterocycles. The Morgan fingerprint density at radius 3 is 2.43 bits per heavy atom. The summed E-state index contributed by atoms with van der Waals surface area (Å²) in [5.74, 6) is 0.0554. The highest BCUT2D eigenvalue weighted by atomic mass is 16.6. The fourth-order valence-corrected chi connectivity index (χ4v) is 2.90. The van der Waals surface area contributed by atoms with Crippen molar-refractivity contribution in [1.29, 1.82) is 0 Å². The van der Waals surface area contributed by atoms with E-state index in [1.54, 1.807) is 9.80 Å². The van der Waals surface area contributed by atoms with Gasteiger partial charge >= 0.3 is 6.09 Å². The molecule has 0 spiro atoms. The van der Waals surface area contributed by atoms with Crippen LogP contribution in [0, 0.1) is 0 Å². The normalized spacial score (nSPS) is 21.3. The molecule has 0 unspecified atom stereocenters. The van der Waals surface area contributed by atoms with Gasteiger partial charge in [0, 0.05) is 32.8 Å². The third-order valence-electron chi connectivity index (χ3n) is 4.26. The zero-order valence-corrected chi connectivity index (χ0v) is 13.1. The van der Waals surface area contributed by atoms with Crippen LogP contribution in [-0.4, -0.2) is 60.7 Å². The molecule has 6 nitrogen and oxygen atoms in total. The lowest BCUT2D eigenvalue weighted by molar-refractivity contribution is -0.142. The van der Waals surface area contributed by atoms with E-state index in [1.165, 1.54) is 0 Å². The summed E-state index contributed by atoms with van der Waals surface area (Å²) in [7, 11) is 0. The second-order valence-corrected chi connectivity index (χ2v) is 5.85. The Bertz CT molecular complexity index is 535. The minimum absolute atomic E-state index is 0.0554. The Balaban J connectivity index is 1.43. The SMILES string of the molecule is O=C(OCc1ccccc1)N1CCN(C(=O)[C@H]2CCCO2)CC1. The Kier molecular flexibility index (Phi) is 5.12. The van der Waals surface area contributed by atoms with Crippen molar-refractivity contribution < 1.29 is 19.1 Å². The first-order chi connectivity index (χ1) is 11.2. The number of nitrogens with zero attached hydrogens (tertiary/aromatic N) is 2. The number of ether oxygens (including phenoxy) is 2. The first-order valence-electron chi connectivity index (χ1n) is 8.10. The lowest BCUT2D eigenvalue weighted by atomic mass is 10.2. The van der Waals surface area contributed by atoms with Crippen LogP contribution in [0.2, 0.25) is 0 Å². The number of hydrogen-bond acceptors (Lipinski definition) is 4. The Morgan fingerprint density at radius 1 is 1.09 bits per heavy atom. The van der Waals surface area contributed by atoms with Gasteiger partial charge in [-0.1, -0.05) is 30.3 Å². The van der Waals surface area contributed by atoms with Crippen molar-refractivity contribution in [3.05, 3.63) is 35.9 Å². The summed E-state index contributed by atoms with van der Waals surface area (Å²) in [6, 6.07) is 9.60. The minimum atomic E-state index is -0.321. The molecule has 2 aliphatic heterocycles. The molecular formula is C17H22N2O4. The second kappa shape index (κ2) is 7.46. The van der Waals surface area contributed by atoms with Gasteiger partial charge < -0.3 is 19.3 Å². The predicted octanol–water partition coefficient (Wildman–Crippen LogP) is 1.65. The molecule has 1 atom stereocenters. The number of piperazine rings is 1. The predicted molar refractivity (Wildman–Crippen MR) is 83.8 cm³/mol. The Labute approximate surface area is 136 Å². The van der Waals surface area contributed by atoms with E-state index in [2.05, 4.69) is 0 Å². The van der Waals surface area contributed by atoms with Crippen LogP contribution < -0.4 is 0 Å². The van der Waals surface area contributed by atoms with E-state index in [0.29, 0.717) is 32.8 Å². The van der Waals surface area contributed by atoms with Gasteiger partial charge in [-0.15, -0.1) is 0 Å². The standard InChI is InChI=1S/C17H22N2O4/c20-16(15-7-4-12-22-15)18-8-10-19(11-9-18)17(21)23-13-14-5-2-1-3-6-14/h1-3,5-6,15H,4,7-13H2/t15-/m1/s1. The van der Waals surface area contributed by atoms with E-state index in [9.17, 15) is 9.59 Å². The third kappa shape index (κ3) is 4.01. The molecular weight excluding hydrogens is 296 g/mol. The number of hydrogen-bond donors (Lipinski definition) is 0. The Morgan fingerprint density at radius 2 is 1.78 bits per heavy atom. The zero-order chi connectivity index (χ0) is 16.1. The second-order valence-electron chi connectivity index (χ2n) is 5.85. The van der Waals surface area contributed by atoms with Crippen molar-refractivity contribution in [3.8, 4) is 0 Å². The summed E-state index contributed by atoms with van der Waals surface area (Å²) < 4.78 is 10.8. The van der Waals surface area contributed by atoms with Crippen LogP contribution in [0.5, 0.6) is 0 Å². The van der Waals surface area contributed by atoms with Crippen LogP contribution in [0.1, 0.15) is 18.4 Å². The maximum Gasteiger partial charge on any atom is 0.410 e. The molecule has 6 heteroatoms. The van der Waals surface area contributed by atoms with E-state index in [4.69, 9.17) is 9.47 Å². The molecule has 2 aliphatic rings. The number of carbonyl (C=O) groups is 2. The van der Waals surface area contributed by atoms with Gasteiger partial charge in [0.05, 0.1) is 0 Å². The summed E-state index contributed by atoms with van der Waals surface area (Å²) in [4.78, 5) is 27.8. The van der Waals surface area contributed by atoms with Crippen LogP contribution in [-0.2, 0) is 20.9 Å². The topological polar surface area (TPSA) is 59.1 Å². The Hall–Kier alpha value is -2.08. The van der Waals surface area contributed by atoms with Crippen LogP contribution >= 0.6 is 0 Å². The van der Waals surface area contributed by atoms with Gasteiger partial charge in [0.1, 0.15) is 12.7 Å². The fourth-order valence-electron chi connectivity index (χ4n) is 2.90. The van der Waals surface area contributed by atoms with Gasteiger partial charge in [0.2, 0.25) is 0 Å². The lowest BCUT2D eigenvalue weighted by Crippen LogP contribution is -2.52. The van der Waals surface area contributed by atoms with Gasteiger partial charge in [-0.05, 0) is 18.4 Å². The van der Waals surface area contributed by atoms with Gasteiger partial charge in [-0.2, -0.15) is 0 Å². The maximum absolute atomic E-state index is 12.3.